The predicted molar refractivity (Wildman–Crippen MR) is 75.8 cm³/mol. The molecular weight excluding hydrogens is 268 g/mol. The van der Waals surface area contributed by atoms with Crippen molar-refractivity contribution >= 4 is 22.4 Å². The molecule has 0 aliphatic heterocycles. The highest BCUT2D eigenvalue weighted by Crippen LogP contribution is 2.31. The molecule has 3 rings (SSSR count). The highest BCUT2D eigenvalue weighted by Gasteiger charge is 2.07. The number of rotatable bonds is 3. The van der Waals surface area contributed by atoms with Crippen LogP contribution in [0.2, 0.25) is 0 Å². The summed E-state index contributed by atoms with van der Waals surface area (Å²) in [5.74, 6) is 0.971. The van der Waals surface area contributed by atoms with Crippen molar-refractivity contribution in [1.82, 2.24) is 15.2 Å². The minimum absolute atomic E-state index is 0.310. The maximum atomic E-state index is 8.91. The van der Waals surface area contributed by atoms with Crippen LogP contribution in [0.4, 0.5) is 11.5 Å². The predicted octanol–water partition coefficient (Wildman–Crippen LogP) is 3.25. The zero-order valence-corrected chi connectivity index (χ0v) is 11.1. The molecule has 7 nitrogen and oxygen atoms in total. The third-order valence-corrected chi connectivity index (χ3v) is 2.89. The molecule has 2 aromatic heterocycles. The molecule has 0 spiro atoms. The van der Waals surface area contributed by atoms with E-state index in [0.717, 1.165) is 5.39 Å². The van der Waals surface area contributed by atoms with Crippen LogP contribution >= 0.6 is 0 Å². The third kappa shape index (κ3) is 2.42. The number of nitrogens with zero attached hydrogens (tertiary/aromatic N) is 5. The number of pyridine rings is 1. The summed E-state index contributed by atoms with van der Waals surface area (Å²) in [7, 11) is 1.58. The van der Waals surface area contributed by atoms with Gasteiger partial charge >= 0.3 is 0 Å². The Morgan fingerprint density at radius 3 is 3.05 bits per heavy atom. The normalized spacial score (nSPS) is 10.9. The molecule has 0 radical (unpaired) electrons. The zero-order valence-electron chi connectivity index (χ0n) is 11.1. The Morgan fingerprint density at radius 2 is 2.24 bits per heavy atom. The van der Waals surface area contributed by atoms with E-state index < -0.39 is 0 Å². The highest BCUT2D eigenvalue weighted by atomic mass is 16.5. The van der Waals surface area contributed by atoms with Gasteiger partial charge in [-0.3, -0.25) is 10.1 Å². The number of fused-ring (bicyclic) bond motifs is 1. The van der Waals surface area contributed by atoms with Crippen LogP contribution in [0.3, 0.4) is 0 Å². The van der Waals surface area contributed by atoms with E-state index >= 15 is 0 Å². The van der Waals surface area contributed by atoms with Crippen molar-refractivity contribution < 1.29 is 4.74 Å². The molecule has 2 heterocycles. The van der Waals surface area contributed by atoms with Crippen molar-refractivity contribution in [2.45, 2.75) is 0 Å². The molecule has 0 aliphatic rings. The topological polar surface area (TPSA) is 99.3 Å². The van der Waals surface area contributed by atoms with Crippen LogP contribution in [0.15, 0.2) is 46.9 Å². The number of H-pyrrole nitrogens is 1. The molecule has 7 heteroatoms. The van der Waals surface area contributed by atoms with E-state index in [1.807, 2.05) is 24.3 Å². The summed E-state index contributed by atoms with van der Waals surface area (Å²) in [5, 5.41) is 24.4. The van der Waals surface area contributed by atoms with Gasteiger partial charge < -0.3 is 4.74 Å². The lowest BCUT2D eigenvalue weighted by atomic mass is 10.2. The maximum absolute atomic E-state index is 8.91. The Labute approximate surface area is 119 Å². The van der Waals surface area contributed by atoms with E-state index in [-0.39, 0.29) is 0 Å². The molecule has 0 saturated heterocycles. The maximum Gasteiger partial charge on any atom is 0.188 e. The van der Waals surface area contributed by atoms with Crippen LogP contribution in [0.25, 0.3) is 10.9 Å². The number of hydrogen-bond acceptors (Lipinski definition) is 6. The lowest BCUT2D eigenvalue weighted by molar-refractivity contribution is 0.415. The molecule has 102 valence electrons. The first-order chi connectivity index (χ1) is 10.3. The number of azo groups is 1. The van der Waals surface area contributed by atoms with Crippen LogP contribution in [0, 0.1) is 11.3 Å². The van der Waals surface area contributed by atoms with Gasteiger partial charge in [0.2, 0.25) is 0 Å². The van der Waals surface area contributed by atoms with E-state index in [9.17, 15) is 0 Å². The average molecular weight is 278 g/mol. The largest absolute Gasteiger partial charge is 0.497 e. The summed E-state index contributed by atoms with van der Waals surface area (Å²) >= 11 is 0. The van der Waals surface area contributed by atoms with Crippen molar-refractivity contribution in [1.29, 1.82) is 5.26 Å². The Bertz CT molecular complexity index is 861. The van der Waals surface area contributed by atoms with Crippen molar-refractivity contribution in [3.63, 3.8) is 0 Å². The lowest BCUT2D eigenvalue weighted by Gasteiger charge is -2.04. The van der Waals surface area contributed by atoms with E-state index in [1.165, 1.54) is 6.20 Å². The molecule has 0 fully saturated rings. The zero-order chi connectivity index (χ0) is 14.7. The summed E-state index contributed by atoms with van der Waals surface area (Å²) in [6, 6.07) is 9.35. The van der Waals surface area contributed by atoms with Crippen LogP contribution in [-0.4, -0.2) is 22.3 Å². The minimum atomic E-state index is 0.310. The van der Waals surface area contributed by atoms with Crippen LogP contribution < -0.4 is 4.74 Å². The van der Waals surface area contributed by atoms with Gasteiger partial charge in [-0.05, 0) is 12.1 Å². The number of ether oxygens (including phenoxy) is 1. The summed E-state index contributed by atoms with van der Waals surface area (Å²) in [5.41, 5.74) is 1.60. The average Bonchev–Trinajstić information content (AvgIpc) is 2.99. The molecular formula is C14H10N6O. The van der Waals surface area contributed by atoms with Crippen LogP contribution in [0.1, 0.15) is 5.56 Å². The van der Waals surface area contributed by atoms with Crippen LogP contribution in [-0.2, 0) is 0 Å². The molecule has 1 aromatic carbocycles. The number of benzene rings is 1. The van der Waals surface area contributed by atoms with Crippen molar-refractivity contribution in [3.05, 3.63) is 42.2 Å². The molecule has 0 bridgehead atoms. The number of hydrogen-bond donors (Lipinski definition) is 1. The molecule has 0 atom stereocenters. The molecule has 0 amide bonds. The summed E-state index contributed by atoms with van der Waals surface area (Å²) in [6.45, 7) is 0. The number of nitrogens with one attached hydrogen (secondary N) is 1. The number of aromatic amines is 1. The number of aromatic nitrogens is 3. The second-order valence-corrected chi connectivity index (χ2v) is 4.17. The van der Waals surface area contributed by atoms with Gasteiger partial charge in [-0.2, -0.15) is 10.4 Å². The van der Waals surface area contributed by atoms with Gasteiger partial charge in [0.25, 0.3) is 0 Å². The fraction of sp³-hybridized carbons (Fsp3) is 0.0714. The SMILES string of the molecule is COc1cc(N=Nc2[nH]ncc2C#N)c2ncccc2c1. The van der Waals surface area contributed by atoms with Gasteiger partial charge in [0.05, 0.1) is 18.8 Å². The van der Waals surface area contributed by atoms with Crippen molar-refractivity contribution in [3.8, 4) is 11.8 Å². The van der Waals surface area contributed by atoms with Gasteiger partial charge in [-0.15, -0.1) is 10.2 Å². The van der Waals surface area contributed by atoms with E-state index in [0.29, 0.717) is 28.3 Å². The number of methoxy groups -OCH3 is 1. The second kappa shape index (κ2) is 5.38. The van der Waals surface area contributed by atoms with Gasteiger partial charge in [0, 0.05) is 17.6 Å². The standard InChI is InChI=1S/C14H10N6O/c1-21-11-5-9-3-2-4-16-13(9)12(6-11)18-20-14-10(7-15)8-17-19-14/h2-6,8H,1H3,(H,17,19). The lowest BCUT2D eigenvalue weighted by Crippen LogP contribution is -1.85. The molecule has 3 aromatic rings. The minimum Gasteiger partial charge on any atom is -0.497 e. The molecule has 0 aliphatic carbocycles. The Morgan fingerprint density at radius 1 is 1.33 bits per heavy atom. The molecule has 0 saturated carbocycles. The summed E-state index contributed by atoms with van der Waals surface area (Å²) in [4.78, 5) is 4.30. The van der Waals surface area contributed by atoms with E-state index in [1.54, 1.807) is 19.4 Å². The Hall–Kier alpha value is -3.27. The van der Waals surface area contributed by atoms with Crippen molar-refractivity contribution in [2.24, 2.45) is 10.2 Å². The fourth-order valence-corrected chi connectivity index (χ4v) is 1.88. The smallest absolute Gasteiger partial charge is 0.188 e. The summed E-state index contributed by atoms with van der Waals surface area (Å²) < 4.78 is 5.24. The van der Waals surface area contributed by atoms with Gasteiger partial charge in [-0.1, -0.05) is 6.07 Å². The quantitative estimate of drug-likeness (QED) is 0.743. The number of nitriles is 1. The molecule has 21 heavy (non-hydrogen) atoms. The molecule has 1 N–H and O–H groups in total. The summed E-state index contributed by atoms with van der Waals surface area (Å²) in [6.07, 6.45) is 3.08. The van der Waals surface area contributed by atoms with Gasteiger partial charge in [-0.25, -0.2) is 0 Å². The third-order valence-electron chi connectivity index (χ3n) is 2.89. The highest BCUT2D eigenvalue weighted by molar-refractivity contribution is 5.90. The first kappa shape index (κ1) is 12.7. The van der Waals surface area contributed by atoms with E-state index in [4.69, 9.17) is 10.00 Å². The van der Waals surface area contributed by atoms with Gasteiger partial charge in [0.1, 0.15) is 23.1 Å². The fourth-order valence-electron chi connectivity index (χ4n) is 1.88. The molecule has 0 unspecified atom stereocenters. The van der Waals surface area contributed by atoms with Crippen molar-refractivity contribution in [2.75, 3.05) is 7.11 Å². The Kier molecular flexibility index (Phi) is 3.27. The Balaban J connectivity index is 2.10. The van der Waals surface area contributed by atoms with Gasteiger partial charge in [0.15, 0.2) is 5.82 Å². The first-order valence-corrected chi connectivity index (χ1v) is 6.10. The monoisotopic (exact) mass is 278 g/mol. The second-order valence-electron chi connectivity index (χ2n) is 4.17. The van der Waals surface area contributed by atoms with Crippen LogP contribution in [0.5, 0.6) is 5.75 Å². The van der Waals surface area contributed by atoms with E-state index in [2.05, 4.69) is 25.4 Å². The first-order valence-electron chi connectivity index (χ1n) is 6.10.